The predicted molar refractivity (Wildman–Crippen MR) is 181 cm³/mol. The molecule has 4 aromatic rings. The van der Waals surface area contributed by atoms with Crippen LogP contribution in [0.2, 0.25) is 10.0 Å². The number of fused-ring (bicyclic) bond motifs is 1. The number of aromatic nitrogens is 3. The zero-order valence-electron chi connectivity index (χ0n) is 26.2. The quantitative estimate of drug-likeness (QED) is 0.148. The fourth-order valence-corrected chi connectivity index (χ4v) is 5.36. The molecule has 3 heterocycles. The number of anilines is 2. The van der Waals surface area contributed by atoms with Crippen LogP contribution in [0.3, 0.4) is 0 Å². The first kappa shape index (κ1) is 33.3. The van der Waals surface area contributed by atoms with Gasteiger partial charge in [0, 0.05) is 67.5 Å². The summed E-state index contributed by atoms with van der Waals surface area (Å²) in [4.78, 5) is 34.2. The first-order valence-corrected chi connectivity index (χ1v) is 15.7. The van der Waals surface area contributed by atoms with Crippen LogP contribution in [0.1, 0.15) is 43.2 Å². The number of hydrogen-bond acceptors (Lipinski definition) is 8. The van der Waals surface area contributed by atoms with E-state index in [1.165, 1.54) is 0 Å². The smallest absolute Gasteiger partial charge is 0.324 e. The van der Waals surface area contributed by atoms with Crippen molar-refractivity contribution in [3.05, 3.63) is 63.9 Å². The van der Waals surface area contributed by atoms with Gasteiger partial charge in [0.2, 0.25) is 0 Å². The van der Waals surface area contributed by atoms with E-state index in [1.54, 1.807) is 42.6 Å². The molecule has 14 heteroatoms. The Morgan fingerprint density at radius 1 is 1.00 bits per heavy atom. The molecule has 0 aliphatic carbocycles. The number of carbonyl (C=O) groups is 2. The first-order valence-electron chi connectivity index (χ1n) is 14.9. The largest absolute Gasteiger partial charge is 0.493 e. The Kier molecular flexibility index (Phi) is 10.2. The molecule has 46 heavy (non-hydrogen) atoms. The van der Waals surface area contributed by atoms with Crippen LogP contribution in [-0.2, 0) is 5.41 Å². The number of primary amides is 1. The van der Waals surface area contributed by atoms with E-state index in [0.29, 0.717) is 34.8 Å². The SMILES string of the molecule is CN1CCN(CCCOc2cc3nccc(Oc4ccc(NC(=O)Nc5cc(C(C)(C)C)[nH]n5)c(Cl)c4Cl)c3cc2C(N)=O)CC1. The molecule has 1 fully saturated rings. The molecule has 0 unspecified atom stereocenters. The molecular formula is C32H38Cl2N8O4. The number of benzene rings is 2. The maximum atomic E-state index is 12.6. The number of hydrogen-bond donors (Lipinski definition) is 4. The van der Waals surface area contributed by atoms with Crippen LogP contribution < -0.4 is 25.8 Å². The standard InChI is InChI=1S/C32H38Cl2N8O4/c1-32(2,3)26-18-27(40-39-26)38-31(44)37-21-6-7-24(29(34)28(21)33)46-23-8-9-36-22-17-25(20(30(35)43)16-19(22)23)45-15-5-10-42-13-11-41(4)12-14-42/h6-9,16-18H,5,10-15H2,1-4H3,(H2,35,43)(H3,37,38,39,40,44). The maximum Gasteiger partial charge on any atom is 0.324 e. The van der Waals surface area contributed by atoms with Crippen molar-refractivity contribution in [1.29, 1.82) is 0 Å². The third-order valence-electron chi connectivity index (χ3n) is 7.68. The average Bonchev–Trinajstić information content (AvgIpc) is 3.49. The van der Waals surface area contributed by atoms with E-state index < -0.39 is 11.9 Å². The van der Waals surface area contributed by atoms with Crippen molar-refractivity contribution in [3.8, 4) is 17.2 Å². The summed E-state index contributed by atoms with van der Waals surface area (Å²) in [6.45, 7) is 11.6. The number of H-pyrrole nitrogens is 1. The van der Waals surface area contributed by atoms with Crippen LogP contribution >= 0.6 is 23.2 Å². The molecule has 3 amide bonds. The van der Waals surface area contributed by atoms with Crippen LogP contribution in [0, 0.1) is 0 Å². The van der Waals surface area contributed by atoms with E-state index >= 15 is 0 Å². The Labute approximate surface area is 277 Å². The van der Waals surface area contributed by atoms with Crippen LogP contribution in [0.25, 0.3) is 10.9 Å². The minimum absolute atomic E-state index is 0.0784. The Hall–Kier alpha value is -4.10. The third-order valence-corrected chi connectivity index (χ3v) is 8.55. The van der Waals surface area contributed by atoms with Crippen molar-refractivity contribution < 1.29 is 19.1 Å². The van der Waals surface area contributed by atoms with Gasteiger partial charge in [0.1, 0.15) is 22.3 Å². The van der Waals surface area contributed by atoms with Crippen molar-refractivity contribution >= 4 is 57.5 Å². The molecule has 244 valence electrons. The van der Waals surface area contributed by atoms with Crippen LogP contribution in [-0.4, -0.2) is 83.3 Å². The Morgan fingerprint density at radius 2 is 1.76 bits per heavy atom. The van der Waals surface area contributed by atoms with Crippen molar-refractivity contribution in [3.63, 3.8) is 0 Å². The number of piperazine rings is 1. The lowest BCUT2D eigenvalue weighted by Crippen LogP contribution is -2.44. The molecule has 1 aliphatic rings. The number of amides is 3. The lowest BCUT2D eigenvalue weighted by molar-refractivity contribution is 0.0996. The van der Waals surface area contributed by atoms with Crippen molar-refractivity contribution in [1.82, 2.24) is 25.0 Å². The van der Waals surface area contributed by atoms with E-state index in [9.17, 15) is 9.59 Å². The summed E-state index contributed by atoms with van der Waals surface area (Å²) in [6.07, 6.45) is 2.39. The molecule has 1 aliphatic heterocycles. The molecule has 2 aromatic carbocycles. The second-order valence-corrected chi connectivity index (χ2v) is 13.0. The number of aromatic amines is 1. The van der Waals surface area contributed by atoms with E-state index in [4.69, 9.17) is 38.4 Å². The molecular weight excluding hydrogens is 631 g/mol. The zero-order chi connectivity index (χ0) is 33.0. The monoisotopic (exact) mass is 668 g/mol. The van der Waals surface area contributed by atoms with Gasteiger partial charge < -0.3 is 30.3 Å². The summed E-state index contributed by atoms with van der Waals surface area (Å²) < 4.78 is 12.1. The number of carbonyl (C=O) groups excluding carboxylic acids is 2. The van der Waals surface area contributed by atoms with Gasteiger partial charge in [-0.15, -0.1) is 0 Å². The molecule has 1 saturated heterocycles. The maximum absolute atomic E-state index is 12.6. The van der Waals surface area contributed by atoms with Crippen LogP contribution in [0.5, 0.6) is 17.2 Å². The second kappa shape index (κ2) is 14.1. The first-order chi connectivity index (χ1) is 21.9. The number of ether oxygens (including phenoxy) is 2. The lowest BCUT2D eigenvalue weighted by Gasteiger charge is -2.32. The van der Waals surface area contributed by atoms with Gasteiger partial charge in [-0.1, -0.05) is 44.0 Å². The average molecular weight is 670 g/mol. The number of nitrogens with zero attached hydrogens (tertiary/aromatic N) is 4. The van der Waals surface area contributed by atoms with E-state index in [0.717, 1.165) is 44.8 Å². The Bertz CT molecular complexity index is 1730. The fourth-order valence-electron chi connectivity index (χ4n) is 4.96. The van der Waals surface area contributed by atoms with Crippen molar-refractivity contribution in [2.45, 2.75) is 32.6 Å². The highest BCUT2D eigenvalue weighted by molar-refractivity contribution is 6.45. The minimum Gasteiger partial charge on any atom is -0.493 e. The molecule has 0 saturated carbocycles. The van der Waals surface area contributed by atoms with E-state index in [1.807, 2.05) is 20.8 Å². The van der Waals surface area contributed by atoms with E-state index in [2.05, 4.69) is 42.7 Å². The van der Waals surface area contributed by atoms with Gasteiger partial charge >= 0.3 is 6.03 Å². The molecule has 0 atom stereocenters. The highest BCUT2D eigenvalue weighted by atomic mass is 35.5. The highest BCUT2D eigenvalue weighted by Gasteiger charge is 2.20. The number of likely N-dealkylation sites (N-methyl/N-ethyl adjacent to an activating group) is 1. The Morgan fingerprint density at radius 3 is 2.46 bits per heavy atom. The Balaban J connectivity index is 1.27. The minimum atomic E-state index is -0.634. The van der Waals surface area contributed by atoms with Gasteiger partial charge in [-0.3, -0.25) is 20.2 Å². The number of halogens is 2. The summed E-state index contributed by atoms with van der Waals surface area (Å²) in [5, 5.41) is 13.1. The number of urea groups is 1. The van der Waals surface area contributed by atoms with E-state index in [-0.39, 0.29) is 32.5 Å². The zero-order valence-corrected chi connectivity index (χ0v) is 27.8. The molecule has 0 bridgehead atoms. The van der Waals surface area contributed by atoms with Gasteiger partial charge in [0.15, 0.2) is 5.82 Å². The fraction of sp³-hybridized carbons (Fsp3) is 0.375. The van der Waals surface area contributed by atoms with Crippen LogP contribution in [0.15, 0.2) is 42.6 Å². The molecule has 12 nitrogen and oxygen atoms in total. The van der Waals surface area contributed by atoms with Gasteiger partial charge in [0.25, 0.3) is 5.91 Å². The summed E-state index contributed by atoms with van der Waals surface area (Å²) >= 11 is 13.1. The molecule has 0 spiro atoms. The van der Waals surface area contributed by atoms with Gasteiger partial charge in [0.05, 0.1) is 28.4 Å². The van der Waals surface area contributed by atoms with Gasteiger partial charge in [-0.05, 0) is 37.7 Å². The van der Waals surface area contributed by atoms with Crippen molar-refractivity contribution in [2.24, 2.45) is 5.73 Å². The molecule has 5 N–H and O–H groups in total. The second-order valence-electron chi connectivity index (χ2n) is 12.2. The molecule has 5 rings (SSSR count). The lowest BCUT2D eigenvalue weighted by atomic mass is 9.92. The summed E-state index contributed by atoms with van der Waals surface area (Å²) in [6, 6.07) is 9.29. The van der Waals surface area contributed by atoms with Crippen molar-refractivity contribution in [2.75, 3.05) is 57.0 Å². The molecule has 2 aromatic heterocycles. The predicted octanol–water partition coefficient (Wildman–Crippen LogP) is 6.11. The molecule has 0 radical (unpaired) electrons. The normalized spacial score (nSPS) is 14.3. The summed E-state index contributed by atoms with van der Waals surface area (Å²) in [7, 11) is 2.13. The number of pyridine rings is 1. The number of nitrogens with one attached hydrogen (secondary N) is 3. The van der Waals surface area contributed by atoms with Gasteiger partial charge in [-0.25, -0.2) is 4.79 Å². The topological polar surface area (TPSA) is 151 Å². The highest BCUT2D eigenvalue weighted by Crippen LogP contribution is 2.41. The summed E-state index contributed by atoms with van der Waals surface area (Å²) in [5.41, 5.74) is 7.48. The number of nitrogens with two attached hydrogens (primary N) is 1. The summed E-state index contributed by atoms with van der Waals surface area (Å²) in [5.74, 6) is 0.701. The van der Waals surface area contributed by atoms with Gasteiger partial charge in [-0.2, -0.15) is 5.10 Å². The van der Waals surface area contributed by atoms with Crippen LogP contribution in [0.4, 0.5) is 16.3 Å². The number of rotatable bonds is 10. The third kappa shape index (κ3) is 8.00.